The maximum absolute atomic E-state index is 5.94. The zero-order valence-corrected chi connectivity index (χ0v) is 14.3. The molecular formula is C18H25N3O3. The number of benzene rings is 1. The van der Waals surface area contributed by atoms with Gasteiger partial charge in [0.15, 0.2) is 0 Å². The lowest BCUT2D eigenvalue weighted by Gasteiger charge is -2.19. The summed E-state index contributed by atoms with van der Waals surface area (Å²) >= 11 is 0. The summed E-state index contributed by atoms with van der Waals surface area (Å²) in [5, 5.41) is 7.99. The van der Waals surface area contributed by atoms with Crippen molar-refractivity contribution in [3.63, 3.8) is 0 Å². The lowest BCUT2D eigenvalue weighted by molar-refractivity contribution is 0.0983. The Balaban J connectivity index is 1.62. The Hall–Kier alpha value is -1.89. The number of hydrogen-bond acceptors (Lipinski definition) is 5. The van der Waals surface area contributed by atoms with Gasteiger partial charge >= 0.3 is 0 Å². The molecule has 1 saturated heterocycles. The van der Waals surface area contributed by atoms with E-state index in [1.165, 1.54) is 0 Å². The molecule has 6 nitrogen and oxygen atoms in total. The third-order valence-corrected chi connectivity index (χ3v) is 4.35. The van der Waals surface area contributed by atoms with Gasteiger partial charge in [-0.05, 0) is 12.5 Å². The first kappa shape index (κ1) is 17.0. The Morgan fingerprint density at radius 1 is 1.33 bits per heavy atom. The first-order valence-electron chi connectivity index (χ1n) is 8.30. The van der Waals surface area contributed by atoms with Crippen LogP contribution in [0.15, 0.2) is 36.7 Å². The van der Waals surface area contributed by atoms with E-state index in [0.29, 0.717) is 6.61 Å². The smallest absolute Gasteiger partial charge is 0.123 e. The van der Waals surface area contributed by atoms with Crippen LogP contribution in [-0.4, -0.2) is 43.3 Å². The molecule has 24 heavy (non-hydrogen) atoms. The number of nitrogens with zero attached hydrogens (tertiary/aromatic N) is 2. The Bertz CT molecular complexity index is 644. The second kappa shape index (κ2) is 8.28. The number of para-hydroxylation sites is 1. The van der Waals surface area contributed by atoms with Gasteiger partial charge in [0.05, 0.1) is 26.5 Å². The van der Waals surface area contributed by atoms with E-state index in [4.69, 9.17) is 14.2 Å². The SMILES string of the molecule is COCCn1cc([C@H]2OCC[C@@H]2NCc2ccccc2OC)cn1. The fourth-order valence-corrected chi connectivity index (χ4v) is 3.05. The molecular weight excluding hydrogens is 306 g/mol. The van der Waals surface area contributed by atoms with E-state index in [1.807, 2.05) is 35.3 Å². The quantitative estimate of drug-likeness (QED) is 0.803. The molecule has 1 aliphatic rings. The van der Waals surface area contributed by atoms with Crippen molar-refractivity contribution in [2.45, 2.75) is 31.7 Å². The molecule has 0 saturated carbocycles. The van der Waals surface area contributed by atoms with E-state index in [-0.39, 0.29) is 12.1 Å². The lowest BCUT2D eigenvalue weighted by atomic mass is 10.0. The zero-order chi connectivity index (χ0) is 16.8. The second-order valence-electron chi connectivity index (χ2n) is 5.91. The van der Waals surface area contributed by atoms with E-state index >= 15 is 0 Å². The molecule has 3 rings (SSSR count). The predicted octanol–water partition coefficient (Wildman–Crippen LogP) is 2.16. The first-order valence-corrected chi connectivity index (χ1v) is 8.30. The van der Waals surface area contributed by atoms with Crippen LogP contribution in [0.25, 0.3) is 0 Å². The average molecular weight is 331 g/mol. The minimum atomic E-state index is 0.0380. The third kappa shape index (κ3) is 3.95. The van der Waals surface area contributed by atoms with Gasteiger partial charge in [-0.15, -0.1) is 0 Å². The van der Waals surface area contributed by atoms with Crippen LogP contribution in [0.4, 0.5) is 0 Å². The summed E-state index contributed by atoms with van der Waals surface area (Å²) in [4.78, 5) is 0. The maximum atomic E-state index is 5.94. The third-order valence-electron chi connectivity index (χ3n) is 4.35. The van der Waals surface area contributed by atoms with Gasteiger partial charge in [0.1, 0.15) is 11.9 Å². The van der Waals surface area contributed by atoms with Gasteiger partial charge in [0, 0.05) is 43.6 Å². The molecule has 2 aromatic rings. The van der Waals surface area contributed by atoms with Crippen molar-refractivity contribution >= 4 is 0 Å². The van der Waals surface area contributed by atoms with Gasteiger partial charge in [-0.3, -0.25) is 4.68 Å². The van der Waals surface area contributed by atoms with Crippen LogP contribution in [0.2, 0.25) is 0 Å². The highest BCUT2D eigenvalue weighted by molar-refractivity contribution is 5.33. The number of ether oxygens (including phenoxy) is 3. The van der Waals surface area contributed by atoms with Gasteiger partial charge in [-0.25, -0.2) is 0 Å². The van der Waals surface area contributed by atoms with Gasteiger partial charge in [-0.2, -0.15) is 5.10 Å². The standard InChI is InChI=1S/C18H25N3O3/c1-22-10-8-21-13-15(12-20-21)18-16(7-9-24-18)19-11-14-5-3-4-6-17(14)23-2/h3-6,12-13,16,18-19H,7-11H2,1-2H3/t16-,18+/m0/s1. The molecule has 1 N–H and O–H groups in total. The number of rotatable bonds is 8. The molecule has 130 valence electrons. The summed E-state index contributed by atoms with van der Waals surface area (Å²) in [5.74, 6) is 0.910. The fourth-order valence-electron chi connectivity index (χ4n) is 3.05. The van der Waals surface area contributed by atoms with Gasteiger partial charge in [-0.1, -0.05) is 18.2 Å². The van der Waals surface area contributed by atoms with Crippen molar-refractivity contribution in [3.8, 4) is 5.75 Å². The van der Waals surface area contributed by atoms with E-state index in [1.54, 1.807) is 14.2 Å². The molecule has 0 radical (unpaired) electrons. The summed E-state index contributed by atoms with van der Waals surface area (Å²) < 4.78 is 18.3. The molecule has 1 aromatic heterocycles. The summed E-state index contributed by atoms with van der Waals surface area (Å²) in [5.41, 5.74) is 2.27. The highest BCUT2D eigenvalue weighted by atomic mass is 16.5. The van der Waals surface area contributed by atoms with Crippen molar-refractivity contribution in [3.05, 3.63) is 47.8 Å². The topological polar surface area (TPSA) is 57.5 Å². The van der Waals surface area contributed by atoms with E-state index in [2.05, 4.69) is 16.5 Å². The highest BCUT2D eigenvalue weighted by Crippen LogP contribution is 2.29. The molecule has 1 aromatic carbocycles. The maximum Gasteiger partial charge on any atom is 0.123 e. The normalized spacial score (nSPS) is 20.4. The molecule has 0 amide bonds. The molecule has 0 spiro atoms. The predicted molar refractivity (Wildman–Crippen MR) is 91.0 cm³/mol. The van der Waals surface area contributed by atoms with Crippen LogP contribution in [0.5, 0.6) is 5.75 Å². The van der Waals surface area contributed by atoms with E-state index < -0.39 is 0 Å². The Morgan fingerprint density at radius 2 is 2.21 bits per heavy atom. The molecule has 2 heterocycles. The number of nitrogens with one attached hydrogen (secondary N) is 1. The highest BCUT2D eigenvalue weighted by Gasteiger charge is 2.30. The zero-order valence-electron chi connectivity index (χ0n) is 14.3. The fraction of sp³-hybridized carbons (Fsp3) is 0.500. The van der Waals surface area contributed by atoms with Crippen LogP contribution in [0, 0.1) is 0 Å². The van der Waals surface area contributed by atoms with Gasteiger partial charge in [0.2, 0.25) is 0 Å². The monoisotopic (exact) mass is 331 g/mol. The summed E-state index contributed by atoms with van der Waals surface area (Å²) in [6, 6.07) is 8.36. The Labute approximate surface area is 142 Å². The minimum absolute atomic E-state index is 0.0380. The summed E-state index contributed by atoms with van der Waals surface area (Å²) in [7, 11) is 3.40. The lowest BCUT2D eigenvalue weighted by Crippen LogP contribution is -2.31. The Kier molecular flexibility index (Phi) is 5.85. The molecule has 0 aliphatic carbocycles. The van der Waals surface area contributed by atoms with E-state index in [9.17, 15) is 0 Å². The second-order valence-corrected chi connectivity index (χ2v) is 5.91. The summed E-state index contributed by atoms with van der Waals surface area (Å²) in [6.45, 7) is 2.93. The first-order chi connectivity index (χ1) is 11.8. The van der Waals surface area contributed by atoms with Gasteiger partial charge in [0.25, 0.3) is 0 Å². The average Bonchev–Trinajstić information content (AvgIpc) is 3.27. The molecule has 0 unspecified atom stereocenters. The van der Waals surface area contributed by atoms with Crippen LogP contribution < -0.4 is 10.1 Å². The van der Waals surface area contributed by atoms with Crippen molar-refractivity contribution < 1.29 is 14.2 Å². The van der Waals surface area contributed by atoms with Crippen LogP contribution in [-0.2, 0) is 22.6 Å². The molecule has 6 heteroatoms. The van der Waals surface area contributed by atoms with Crippen molar-refractivity contribution in [2.75, 3.05) is 27.4 Å². The van der Waals surface area contributed by atoms with Gasteiger partial charge < -0.3 is 19.5 Å². The minimum Gasteiger partial charge on any atom is -0.496 e. The molecule has 0 bridgehead atoms. The van der Waals surface area contributed by atoms with Crippen LogP contribution in [0.1, 0.15) is 23.7 Å². The Morgan fingerprint density at radius 3 is 3.04 bits per heavy atom. The van der Waals surface area contributed by atoms with E-state index in [0.717, 1.165) is 43.0 Å². The van der Waals surface area contributed by atoms with Crippen molar-refractivity contribution in [2.24, 2.45) is 0 Å². The van der Waals surface area contributed by atoms with Crippen LogP contribution >= 0.6 is 0 Å². The number of methoxy groups -OCH3 is 2. The molecule has 1 fully saturated rings. The summed E-state index contributed by atoms with van der Waals surface area (Å²) in [6.07, 6.45) is 4.97. The van der Waals surface area contributed by atoms with Crippen LogP contribution in [0.3, 0.4) is 0 Å². The molecule has 2 atom stereocenters. The largest absolute Gasteiger partial charge is 0.496 e. The van der Waals surface area contributed by atoms with Crippen molar-refractivity contribution in [1.82, 2.24) is 15.1 Å². The number of hydrogen-bond donors (Lipinski definition) is 1. The number of aromatic nitrogens is 2. The van der Waals surface area contributed by atoms with Crippen molar-refractivity contribution in [1.29, 1.82) is 0 Å². The molecule has 1 aliphatic heterocycles.